The van der Waals surface area contributed by atoms with E-state index in [1.807, 2.05) is 6.92 Å². The van der Waals surface area contributed by atoms with E-state index in [0.717, 1.165) is 25.8 Å². The average Bonchev–Trinajstić information content (AvgIpc) is 2.29. The molecule has 0 aromatic heterocycles. The fraction of sp³-hybridized carbons (Fsp3) is 0.909. The van der Waals surface area contributed by atoms with Crippen molar-refractivity contribution < 1.29 is 14.6 Å². The molecule has 1 heterocycles. The van der Waals surface area contributed by atoms with E-state index >= 15 is 0 Å². The van der Waals surface area contributed by atoms with Gasteiger partial charge in [-0.2, -0.15) is 0 Å². The lowest BCUT2D eigenvalue weighted by atomic mass is 9.99. The highest BCUT2D eigenvalue weighted by atomic mass is 16.5. The molecule has 1 aliphatic rings. The van der Waals surface area contributed by atoms with Crippen LogP contribution in [0, 0.1) is 5.92 Å². The number of aliphatic hydroxyl groups excluding tert-OH is 1. The van der Waals surface area contributed by atoms with Crippen molar-refractivity contribution in [3.8, 4) is 0 Å². The highest BCUT2D eigenvalue weighted by Gasteiger charge is 2.22. The van der Waals surface area contributed by atoms with Crippen LogP contribution in [-0.4, -0.2) is 48.8 Å². The normalized spacial score (nSPS) is 21.7. The monoisotopic (exact) mass is 215 g/mol. The topological polar surface area (TPSA) is 49.8 Å². The summed E-state index contributed by atoms with van der Waals surface area (Å²) in [6, 6.07) is 0. The number of ether oxygens (including phenoxy) is 1. The highest BCUT2D eigenvalue weighted by molar-refractivity contribution is 5.77. The molecule has 1 aliphatic heterocycles. The third-order valence-corrected chi connectivity index (χ3v) is 2.70. The summed E-state index contributed by atoms with van der Waals surface area (Å²) in [5.74, 6) is 0.315. The number of carbonyl (C=O) groups excluding carboxylic acids is 1. The molecule has 0 spiro atoms. The van der Waals surface area contributed by atoms with Gasteiger partial charge in [0.2, 0.25) is 5.91 Å². The van der Waals surface area contributed by atoms with Crippen LogP contribution in [0.1, 0.15) is 26.2 Å². The van der Waals surface area contributed by atoms with Gasteiger partial charge in [-0.3, -0.25) is 4.79 Å². The average molecular weight is 215 g/mol. The van der Waals surface area contributed by atoms with Crippen molar-refractivity contribution in [1.29, 1.82) is 0 Å². The molecule has 88 valence electrons. The second-order valence-corrected chi connectivity index (χ2v) is 4.08. The van der Waals surface area contributed by atoms with Crippen LogP contribution in [0.15, 0.2) is 0 Å². The van der Waals surface area contributed by atoms with Crippen LogP contribution in [0.2, 0.25) is 0 Å². The molecule has 1 rings (SSSR count). The zero-order chi connectivity index (χ0) is 11.1. The van der Waals surface area contributed by atoms with E-state index in [9.17, 15) is 4.79 Å². The molecule has 0 aliphatic carbocycles. The molecule has 4 heteroatoms. The van der Waals surface area contributed by atoms with Crippen molar-refractivity contribution in [3.05, 3.63) is 0 Å². The maximum absolute atomic E-state index is 11.7. The minimum Gasteiger partial charge on any atom is -0.396 e. The number of carbonyl (C=O) groups is 1. The third kappa shape index (κ3) is 4.18. The van der Waals surface area contributed by atoms with Crippen LogP contribution in [0.3, 0.4) is 0 Å². The van der Waals surface area contributed by atoms with Crippen LogP contribution in [0.25, 0.3) is 0 Å². The van der Waals surface area contributed by atoms with Crippen molar-refractivity contribution in [1.82, 2.24) is 4.90 Å². The van der Waals surface area contributed by atoms with E-state index in [1.54, 1.807) is 4.90 Å². The van der Waals surface area contributed by atoms with Crippen LogP contribution < -0.4 is 0 Å². The van der Waals surface area contributed by atoms with Gasteiger partial charge in [-0.1, -0.05) is 6.92 Å². The number of hydrogen-bond acceptors (Lipinski definition) is 3. The van der Waals surface area contributed by atoms with Crippen molar-refractivity contribution in [2.45, 2.75) is 26.2 Å². The molecule has 15 heavy (non-hydrogen) atoms. The standard InChI is InChI=1S/C11H21NO3/c1-2-6-15-9-11(14)12-5-3-4-10(7-12)8-13/h10,13H,2-9H2,1H3. The number of amides is 1. The second-order valence-electron chi connectivity index (χ2n) is 4.08. The fourth-order valence-electron chi connectivity index (χ4n) is 1.84. The van der Waals surface area contributed by atoms with Crippen LogP contribution in [0.4, 0.5) is 0 Å². The van der Waals surface area contributed by atoms with Gasteiger partial charge in [-0.25, -0.2) is 0 Å². The first-order valence-corrected chi connectivity index (χ1v) is 5.74. The number of rotatable bonds is 5. The molecular weight excluding hydrogens is 194 g/mol. The summed E-state index contributed by atoms with van der Waals surface area (Å²) >= 11 is 0. The summed E-state index contributed by atoms with van der Waals surface area (Å²) < 4.78 is 5.21. The van der Waals surface area contributed by atoms with Crippen LogP contribution in [0.5, 0.6) is 0 Å². The first-order valence-electron chi connectivity index (χ1n) is 5.74. The second kappa shape index (κ2) is 6.80. The highest BCUT2D eigenvalue weighted by Crippen LogP contribution is 2.15. The number of likely N-dealkylation sites (tertiary alicyclic amines) is 1. The van der Waals surface area contributed by atoms with Gasteiger partial charge >= 0.3 is 0 Å². The van der Waals surface area contributed by atoms with Gasteiger partial charge in [0.25, 0.3) is 0 Å². The van der Waals surface area contributed by atoms with E-state index in [2.05, 4.69) is 0 Å². The summed E-state index contributed by atoms with van der Waals surface area (Å²) in [4.78, 5) is 13.5. The number of piperidine rings is 1. The number of hydrogen-bond donors (Lipinski definition) is 1. The molecule has 1 unspecified atom stereocenters. The quantitative estimate of drug-likeness (QED) is 0.685. The lowest BCUT2D eigenvalue weighted by Crippen LogP contribution is -2.42. The van der Waals surface area contributed by atoms with Crippen molar-refractivity contribution in [3.63, 3.8) is 0 Å². The minimum absolute atomic E-state index is 0.0570. The first-order chi connectivity index (χ1) is 7.27. The molecule has 4 nitrogen and oxygen atoms in total. The Balaban J connectivity index is 2.25. The Kier molecular flexibility index (Phi) is 5.65. The lowest BCUT2D eigenvalue weighted by molar-refractivity contribution is -0.138. The molecule has 0 radical (unpaired) electrons. The molecule has 1 N–H and O–H groups in total. The predicted molar refractivity (Wildman–Crippen MR) is 57.5 cm³/mol. The van der Waals surface area contributed by atoms with Gasteiger partial charge in [0, 0.05) is 26.3 Å². The number of aliphatic hydroxyl groups is 1. The van der Waals surface area contributed by atoms with Crippen LogP contribution in [-0.2, 0) is 9.53 Å². The third-order valence-electron chi connectivity index (χ3n) is 2.70. The summed E-state index contributed by atoms with van der Waals surface area (Å²) in [5.41, 5.74) is 0. The van der Waals surface area contributed by atoms with Gasteiger partial charge in [-0.15, -0.1) is 0 Å². The molecule has 0 bridgehead atoms. The summed E-state index contributed by atoms with van der Waals surface area (Å²) in [6.45, 7) is 4.53. The van der Waals surface area contributed by atoms with Crippen molar-refractivity contribution in [2.24, 2.45) is 5.92 Å². The lowest BCUT2D eigenvalue weighted by Gasteiger charge is -2.31. The molecule has 0 aromatic rings. The molecule has 1 fully saturated rings. The van der Waals surface area contributed by atoms with Gasteiger partial charge < -0.3 is 14.7 Å². The molecule has 1 saturated heterocycles. The van der Waals surface area contributed by atoms with Crippen molar-refractivity contribution in [2.75, 3.05) is 32.9 Å². The van der Waals surface area contributed by atoms with E-state index in [0.29, 0.717) is 13.2 Å². The van der Waals surface area contributed by atoms with E-state index in [4.69, 9.17) is 9.84 Å². The molecular formula is C11H21NO3. The Morgan fingerprint density at radius 3 is 3.07 bits per heavy atom. The Labute approximate surface area is 91.2 Å². The fourth-order valence-corrected chi connectivity index (χ4v) is 1.84. The smallest absolute Gasteiger partial charge is 0.248 e. The van der Waals surface area contributed by atoms with E-state index in [1.165, 1.54) is 0 Å². The zero-order valence-electron chi connectivity index (χ0n) is 9.45. The Morgan fingerprint density at radius 2 is 2.40 bits per heavy atom. The van der Waals surface area contributed by atoms with E-state index < -0.39 is 0 Å². The minimum atomic E-state index is 0.0570. The summed E-state index contributed by atoms with van der Waals surface area (Å²) in [7, 11) is 0. The maximum Gasteiger partial charge on any atom is 0.248 e. The Bertz CT molecular complexity index is 196. The molecule has 0 saturated carbocycles. The molecule has 1 atom stereocenters. The Hall–Kier alpha value is -0.610. The van der Waals surface area contributed by atoms with Crippen LogP contribution >= 0.6 is 0 Å². The predicted octanol–water partition coefficient (Wildman–Crippen LogP) is 0.644. The largest absolute Gasteiger partial charge is 0.396 e. The van der Waals surface area contributed by atoms with Crippen molar-refractivity contribution >= 4 is 5.91 Å². The Morgan fingerprint density at radius 1 is 1.60 bits per heavy atom. The first kappa shape index (κ1) is 12.5. The SMILES string of the molecule is CCCOCC(=O)N1CCCC(CO)C1. The summed E-state index contributed by atoms with van der Waals surface area (Å²) in [6.07, 6.45) is 2.95. The van der Waals surface area contributed by atoms with E-state index in [-0.39, 0.29) is 25.0 Å². The van der Waals surface area contributed by atoms with Gasteiger partial charge in [0.05, 0.1) is 0 Å². The molecule has 1 amide bonds. The van der Waals surface area contributed by atoms with Gasteiger partial charge in [0.1, 0.15) is 6.61 Å². The zero-order valence-corrected chi connectivity index (χ0v) is 9.45. The number of nitrogens with zero attached hydrogens (tertiary/aromatic N) is 1. The molecule has 0 aromatic carbocycles. The van der Waals surface area contributed by atoms with Gasteiger partial charge in [-0.05, 0) is 25.2 Å². The van der Waals surface area contributed by atoms with Gasteiger partial charge in [0.15, 0.2) is 0 Å². The maximum atomic E-state index is 11.7. The summed E-state index contributed by atoms with van der Waals surface area (Å²) in [5, 5.41) is 9.04.